The van der Waals surface area contributed by atoms with Crippen LogP contribution in [0.2, 0.25) is 0 Å². The lowest BCUT2D eigenvalue weighted by Crippen LogP contribution is -2.46. The second-order valence-electron chi connectivity index (χ2n) is 5.12. The van der Waals surface area contributed by atoms with Crippen molar-refractivity contribution in [3.8, 4) is 0 Å². The maximum absolute atomic E-state index is 11.8. The molecule has 1 fully saturated rings. The molecule has 2 rings (SSSR count). The minimum absolute atomic E-state index is 0.154. The van der Waals surface area contributed by atoms with Gasteiger partial charge in [0.1, 0.15) is 0 Å². The lowest BCUT2D eigenvalue weighted by atomic mass is 10.0. The largest absolute Gasteiger partial charge is 0.328 e. The van der Waals surface area contributed by atoms with E-state index in [4.69, 9.17) is 5.73 Å². The van der Waals surface area contributed by atoms with E-state index in [1.807, 2.05) is 12.3 Å². The molecule has 7 heteroatoms. The van der Waals surface area contributed by atoms with Gasteiger partial charge in [0, 0.05) is 12.6 Å². The van der Waals surface area contributed by atoms with Crippen molar-refractivity contribution in [2.45, 2.75) is 19.4 Å². The predicted octanol–water partition coefficient (Wildman–Crippen LogP) is 0.178. The summed E-state index contributed by atoms with van der Waals surface area (Å²) in [5.74, 6) is -0.0491. The predicted molar refractivity (Wildman–Crippen MR) is 78.1 cm³/mol. The molecule has 4 N–H and O–H groups in total. The minimum Gasteiger partial charge on any atom is -0.328 e. The maximum Gasteiger partial charge on any atom is 0.279 e. The van der Waals surface area contributed by atoms with E-state index in [9.17, 15) is 9.59 Å². The zero-order valence-corrected chi connectivity index (χ0v) is 12.3. The van der Waals surface area contributed by atoms with Crippen molar-refractivity contribution in [2.75, 3.05) is 19.6 Å². The molecule has 0 bridgehead atoms. The zero-order valence-electron chi connectivity index (χ0n) is 11.5. The van der Waals surface area contributed by atoms with E-state index < -0.39 is 0 Å². The number of rotatable bonds is 4. The Kier molecular flexibility index (Phi) is 5.11. The molecular formula is C13H20N4O2S. The number of thiophene rings is 1. The fourth-order valence-corrected chi connectivity index (χ4v) is 2.89. The van der Waals surface area contributed by atoms with Gasteiger partial charge in [-0.15, -0.1) is 11.3 Å². The average molecular weight is 296 g/mol. The van der Waals surface area contributed by atoms with Crippen molar-refractivity contribution in [1.82, 2.24) is 15.8 Å². The highest BCUT2D eigenvalue weighted by atomic mass is 32.1. The summed E-state index contributed by atoms with van der Waals surface area (Å²) < 4.78 is 0. The van der Waals surface area contributed by atoms with E-state index in [1.54, 1.807) is 12.1 Å². The summed E-state index contributed by atoms with van der Waals surface area (Å²) in [6, 6.07) is 3.65. The fraction of sp³-hybridized carbons (Fsp3) is 0.538. The number of nitrogens with one attached hydrogen (secondary N) is 2. The first-order valence-corrected chi connectivity index (χ1v) is 7.55. The van der Waals surface area contributed by atoms with Gasteiger partial charge >= 0.3 is 0 Å². The summed E-state index contributed by atoms with van der Waals surface area (Å²) in [6.45, 7) is 3.99. The van der Waals surface area contributed by atoms with Crippen LogP contribution >= 0.6 is 11.3 Å². The molecule has 110 valence electrons. The van der Waals surface area contributed by atoms with E-state index >= 15 is 0 Å². The molecule has 0 aliphatic carbocycles. The molecule has 2 unspecified atom stereocenters. The summed E-state index contributed by atoms with van der Waals surface area (Å²) in [4.78, 5) is 26.0. The molecule has 20 heavy (non-hydrogen) atoms. The third kappa shape index (κ3) is 4.03. The SMILES string of the molecule is CC(N)C1CCN(CC(=O)NNC(=O)c2cccs2)C1. The van der Waals surface area contributed by atoms with Gasteiger partial charge in [-0.3, -0.25) is 25.3 Å². The van der Waals surface area contributed by atoms with Crippen molar-refractivity contribution in [3.63, 3.8) is 0 Å². The van der Waals surface area contributed by atoms with Crippen LogP contribution in [0.25, 0.3) is 0 Å². The summed E-state index contributed by atoms with van der Waals surface area (Å²) in [6.07, 6.45) is 1.02. The van der Waals surface area contributed by atoms with Crippen molar-refractivity contribution in [2.24, 2.45) is 11.7 Å². The van der Waals surface area contributed by atoms with Crippen LogP contribution in [0, 0.1) is 5.92 Å². The number of carbonyl (C=O) groups is 2. The Morgan fingerprint density at radius 1 is 1.55 bits per heavy atom. The van der Waals surface area contributed by atoms with Gasteiger partial charge in [-0.25, -0.2) is 0 Å². The Morgan fingerprint density at radius 3 is 2.95 bits per heavy atom. The van der Waals surface area contributed by atoms with Gasteiger partial charge in [0.05, 0.1) is 11.4 Å². The van der Waals surface area contributed by atoms with Gasteiger partial charge < -0.3 is 5.73 Å². The van der Waals surface area contributed by atoms with Crippen LogP contribution < -0.4 is 16.6 Å². The van der Waals surface area contributed by atoms with Crippen LogP contribution in [-0.4, -0.2) is 42.4 Å². The first-order valence-electron chi connectivity index (χ1n) is 6.67. The number of nitrogens with zero attached hydrogens (tertiary/aromatic N) is 1. The van der Waals surface area contributed by atoms with Crippen molar-refractivity contribution in [3.05, 3.63) is 22.4 Å². The number of hydrazine groups is 1. The van der Waals surface area contributed by atoms with Crippen molar-refractivity contribution < 1.29 is 9.59 Å². The zero-order chi connectivity index (χ0) is 14.5. The highest BCUT2D eigenvalue weighted by Crippen LogP contribution is 2.17. The molecule has 1 saturated heterocycles. The molecule has 2 heterocycles. The second kappa shape index (κ2) is 6.83. The van der Waals surface area contributed by atoms with E-state index in [0.29, 0.717) is 10.8 Å². The van der Waals surface area contributed by atoms with Crippen LogP contribution in [0.4, 0.5) is 0 Å². The Balaban J connectivity index is 1.70. The molecular weight excluding hydrogens is 276 g/mol. The summed E-state index contributed by atoms with van der Waals surface area (Å²) >= 11 is 1.33. The van der Waals surface area contributed by atoms with Crippen molar-refractivity contribution >= 4 is 23.2 Å². The van der Waals surface area contributed by atoms with E-state index in [2.05, 4.69) is 15.8 Å². The van der Waals surface area contributed by atoms with Gasteiger partial charge in [-0.2, -0.15) is 0 Å². The lowest BCUT2D eigenvalue weighted by Gasteiger charge is -2.17. The molecule has 0 spiro atoms. The molecule has 1 aliphatic heterocycles. The first kappa shape index (κ1) is 15.0. The Labute approximate surface area is 122 Å². The fourth-order valence-electron chi connectivity index (χ4n) is 2.27. The number of hydrogen-bond donors (Lipinski definition) is 3. The molecule has 6 nitrogen and oxygen atoms in total. The number of amides is 2. The van der Waals surface area contributed by atoms with Crippen LogP contribution in [0.5, 0.6) is 0 Å². The van der Waals surface area contributed by atoms with Crippen LogP contribution in [0.3, 0.4) is 0 Å². The van der Waals surface area contributed by atoms with E-state index in [-0.39, 0.29) is 24.4 Å². The Morgan fingerprint density at radius 2 is 2.35 bits per heavy atom. The summed E-state index contributed by atoms with van der Waals surface area (Å²) in [5, 5.41) is 1.81. The Hall–Kier alpha value is -1.44. The summed E-state index contributed by atoms with van der Waals surface area (Å²) in [5.41, 5.74) is 10.7. The monoisotopic (exact) mass is 296 g/mol. The number of carbonyl (C=O) groups excluding carboxylic acids is 2. The molecule has 2 amide bonds. The minimum atomic E-state index is -0.289. The first-order chi connectivity index (χ1) is 9.56. The molecule has 2 atom stereocenters. The van der Waals surface area contributed by atoms with Gasteiger partial charge in [-0.1, -0.05) is 6.07 Å². The molecule has 0 saturated carbocycles. The van der Waals surface area contributed by atoms with E-state index in [0.717, 1.165) is 19.5 Å². The third-order valence-corrected chi connectivity index (χ3v) is 4.35. The smallest absolute Gasteiger partial charge is 0.279 e. The molecule has 0 radical (unpaired) electrons. The number of nitrogens with two attached hydrogens (primary N) is 1. The topological polar surface area (TPSA) is 87.5 Å². The average Bonchev–Trinajstić information content (AvgIpc) is 3.06. The maximum atomic E-state index is 11.8. The Bertz CT molecular complexity index is 461. The lowest BCUT2D eigenvalue weighted by molar-refractivity contribution is -0.122. The van der Waals surface area contributed by atoms with E-state index in [1.165, 1.54) is 11.3 Å². The molecule has 1 aromatic heterocycles. The standard InChI is InChI=1S/C13H20N4O2S/c1-9(14)10-4-5-17(7-10)8-12(18)15-16-13(19)11-3-2-6-20-11/h2-3,6,9-10H,4-5,7-8,14H2,1H3,(H,15,18)(H,16,19). The molecule has 1 aromatic rings. The van der Waals surface area contributed by atoms with Crippen LogP contribution in [0.1, 0.15) is 23.0 Å². The quantitative estimate of drug-likeness (QED) is 0.692. The third-order valence-electron chi connectivity index (χ3n) is 3.48. The van der Waals surface area contributed by atoms with Crippen LogP contribution in [0.15, 0.2) is 17.5 Å². The van der Waals surface area contributed by atoms with Gasteiger partial charge in [-0.05, 0) is 37.3 Å². The molecule has 0 aromatic carbocycles. The van der Waals surface area contributed by atoms with Crippen molar-refractivity contribution in [1.29, 1.82) is 0 Å². The van der Waals surface area contributed by atoms with Gasteiger partial charge in [0.25, 0.3) is 11.8 Å². The highest BCUT2D eigenvalue weighted by Gasteiger charge is 2.26. The van der Waals surface area contributed by atoms with Gasteiger partial charge in [0.15, 0.2) is 0 Å². The molecule has 1 aliphatic rings. The van der Waals surface area contributed by atoms with Gasteiger partial charge in [0.2, 0.25) is 0 Å². The second-order valence-corrected chi connectivity index (χ2v) is 6.07. The number of likely N-dealkylation sites (tertiary alicyclic amines) is 1. The van der Waals surface area contributed by atoms with Crippen LogP contribution in [-0.2, 0) is 4.79 Å². The highest BCUT2D eigenvalue weighted by molar-refractivity contribution is 7.12. The summed E-state index contributed by atoms with van der Waals surface area (Å²) in [7, 11) is 0. The normalized spacial score (nSPS) is 20.6. The number of hydrogen-bond acceptors (Lipinski definition) is 5.